The van der Waals surface area contributed by atoms with Crippen molar-refractivity contribution >= 4 is 11.8 Å². The van der Waals surface area contributed by atoms with Crippen LogP contribution in [0.1, 0.15) is 15.9 Å². The Kier molecular flexibility index (Phi) is 3.81. The van der Waals surface area contributed by atoms with Gasteiger partial charge in [0, 0.05) is 32.4 Å². The Morgan fingerprint density at radius 1 is 1.33 bits per heavy atom. The normalized spacial score (nSPS) is 16.7. The number of hydrogen-bond donors (Lipinski definition) is 0. The lowest BCUT2D eigenvalue weighted by molar-refractivity contribution is 0.0600. The van der Waals surface area contributed by atoms with E-state index < -0.39 is 0 Å². The second-order valence-corrected chi connectivity index (χ2v) is 4.65. The molecule has 1 aromatic heterocycles. The van der Waals surface area contributed by atoms with E-state index in [1.165, 1.54) is 7.11 Å². The van der Waals surface area contributed by atoms with Crippen molar-refractivity contribution in [1.29, 1.82) is 0 Å². The van der Waals surface area contributed by atoms with Crippen LogP contribution in [0.4, 0.5) is 5.82 Å². The van der Waals surface area contributed by atoms with Crippen molar-refractivity contribution in [3.05, 3.63) is 23.4 Å². The average molecular weight is 249 g/mol. The van der Waals surface area contributed by atoms with Gasteiger partial charge in [0.05, 0.1) is 12.7 Å². The van der Waals surface area contributed by atoms with E-state index in [2.05, 4.69) is 21.8 Å². The SMILES string of the molecule is COC(=O)c1cnc(N2CCN(C)CC2)c(C)c1. The molecule has 5 nitrogen and oxygen atoms in total. The lowest BCUT2D eigenvalue weighted by atomic mass is 10.2. The molecule has 0 aliphatic carbocycles. The smallest absolute Gasteiger partial charge is 0.339 e. The number of hydrogen-bond acceptors (Lipinski definition) is 5. The minimum absolute atomic E-state index is 0.337. The molecular formula is C13H19N3O2. The summed E-state index contributed by atoms with van der Waals surface area (Å²) < 4.78 is 4.69. The molecule has 1 saturated heterocycles. The summed E-state index contributed by atoms with van der Waals surface area (Å²) >= 11 is 0. The van der Waals surface area contributed by atoms with E-state index >= 15 is 0 Å². The molecule has 2 rings (SSSR count). The minimum atomic E-state index is -0.337. The summed E-state index contributed by atoms with van der Waals surface area (Å²) in [5.41, 5.74) is 1.52. The lowest BCUT2D eigenvalue weighted by Gasteiger charge is -2.34. The molecule has 1 aliphatic heterocycles. The average Bonchev–Trinajstić information content (AvgIpc) is 2.39. The second-order valence-electron chi connectivity index (χ2n) is 4.65. The monoisotopic (exact) mass is 249 g/mol. The topological polar surface area (TPSA) is 45.7 Å². The predicted molar refractivity (Wildman–Crippen MR) is 70.0 cm³/mol. The van der Waals surface area contributed by atoms with Gasteiger partial charge in [0.2, 0.25) is 0 Å². The van der Waals surface area contributed by atoms with Crippen LogP contribution < -0.4 is 4.90 Å². The van der Waals surface area contributed by atoms with Gasteiger partial charge in [0.25, 0.3) is 0 Å². The number of aryl methyl sites for hydroxylation is 1. The van der Waals surface area contributed by atoms with Crippen LogP contribution in [-0.4, -0.2) is 56.2 Å². The highest BCUT2D eigenvalue weighted by molar-refractivity contribution is 5.89. The molecule has 0 bridgehead atoms. The standard InChI is InChI=1S/C13H19N3O2/c1-10-8-11(13(17)18-3)9-14-12(10)16-6-4-15(2)5-7-16/h8-9H,4-7H2,1-3H3. The highest BCUT2D eigenvalue weighted by atomic mass is 16.5. The third-order valence-corrected chi connectivity index (χ3v) is 3.27. The van der Waals surface area contributed by atoms with Gasteiger partial charge in [0.1, 0.15) is 5.82 Å². The maximum absolute atomic E-state index is 11.4. The largest absolute Gasteiger partial charge is 0.465 e. The molecule has 5 heteroatoms. The van der Waals surface area contributed by atoms with Gasteiger partial charge in [-0.05, 0) is 25.6 Å². The molecule has 2 heterocycles. The van der Waals surface area contributed by atoms with Gasteiger partial charge < -0.3 is 14.5 Å². The maximum atomic E-state index is 11.4. The van der Waals surface area contributed by atoms with Crippen molar-refractivity contribution in [3.63, 3.8) is 0 Å². The third-order valence-electron chi connectivity index (χ3n) is 3.27. The maximum Gasteiger partial charge on any atom is 0.339 e. The van der Waals surface area contributed by atoms with Crippen LogP contribution in [0.15, 0.2) is 12.3 Å². The minimum Gasteiger partial charge on any atom is -0.465 e. The quantitative estimate of drug-likeness (QED) is 0.730. The van der Waals surface area contributed by atoms with Gasteiger partial charge >= 0.3 is 5.97 Å². The third kappa shape index (κ3) is 2.61. The van der Waals surface area contributed by atoms with Gasteiger partial charge in [-0.25, -0.2) is 9.78 Å². The van der Waals surface area contributed by atoms with E-state index in [1.54, 1.807) is 6.20 Å². The van der Waals surface area contributed by atoms with Gasteiger partial charge in [-0.1, -0.05) is 0 Å². The summed E-state index contributed by atoms with van der Waals surface area (Å²) in [5, 5.41) is 0. The van der Waals surface area contributed by atoms with E-state index in [0.717, 1.165) is 37.6 Å². The van der Waals surface area contributed by atoms with E-state index in [-0.39, 0.29) is 5.97 Å². The molecule has 0 saturated carbocycles. The van der Waals surface area contributed by atoms with Crippen molar-refractivity contribution in [3.8, 4) is 0 Å². The fourth-order valence-electron chi connectivity index (χ4n) is 2.15. The first-order chi connectivity index (χ1) is 8.61. The number of carbonyl (C=O) groups is 1. The molecule has 1 aliphatic rings. The number of rotatable bonds is 2. The van der Waals surface area contributed by atoms with Gasteiger partial charge in [-0.3, -0.25) is 0 Å². The molecular weight excluding hydrogens is 230 g/mol. The molecule has 0 atom stereocenters. The number of nitrogens with zero attached hydrogens (tertiary/aromatic N) is 3. The van der Waals surface area contributed by atoms with E-state index in [4.69, 9.17) is 4.74 Å². The van der Waals surface area contributed by atoms with Crippen LogP contribution in [0.25, 0.3) is 0 Å². The molecule has 98 valence electrons. The number of anilines is 1. The Balaban J connectivity index is 2.17. The van der Waals surface area contributed by atoms with Gasteiger partial charge in [-0.15, -0.1) is 0 Å². The van der Waals surface area contributed by atoms with Crippen molar-refractivity contribution in [2.45, 2.75) is 6.92 Å². The van der Waals surface area contributed by atoms with Crippen molar-refractivity contribution in [2.24, 2.45) is 0 Å². The molecule has 18 heavy (non-hydrogen) atoms. The molecule has 0 spiro atoms. The Bertz CT molecular complexity index is 440. The lowest BCUT2D eigenvalue weighted by Crippen LogP contribution is -2.45. The summed E-state index contributed by atoms with van der Waals surface area (Å²) in [4.78, 5) is 20.4. The van der Waals surface area contributed by atoms with Gasteiger partial charge in [-0.2, -0.15) is 0 Å². The van der Waals surface area contributed by atoms with Crippen LogP contribution in [0, 0.1) is 6.92 Å². The summed E-state index contributed by atoms with van der Waals surface area (Å²) in [7, 11) is 3.50. The Morgan fingerprint density at radius 2 is 2.00 bits per heavy atom. The van der Waals surface area contributed by atoms with Crippen LogP contribution in [0.5, 0.6) is 0 Å². The number of esters is 1. The highest BCUT2D eigenvalue weighted by Crippen LogP contribution is 2.19. The zero-order valence-corrected chi connectivity index (χ0v) is 11.1. The number of methoxy groups -OCH3 is 1. The Labute approximate surface area is 107 Å². The molecule has 1 fully saturated rings. The number of ether oxygens (including phenoxy) is 1. The summed E-state index contributed by atoms with van der Waals surface area (Å²) in [6, 6.07) is 1.84. The number of carbonyl (C=O) groups excluding carboxylic acids is 1. The van der Waals surface area contributed by atoms with Crippen molar-refractivity contribution < 1.29 is 9.53 Å². The van der Waals surface area contributed by atoms with Crippen LogP contribution >= 0.6 is 0 Å². The molecule has 0 amide bonds. The zero-order chi connectivity index (χ0) is 13.1. The van der Waals surface area contributed by atoms with E-state index in [1.807, 2.05) is 13.0 Å². The first-order valence-electron chi connectivity index (χ1n) is 6.10. The molecule has 0 N–H and O–H groups in total. The fourth-order valence-corrected chi connectivity index (χ4v) is 2.15. The zero-order valence-electron chi connectivity index (χ0n) is 11.1. The predicted octanol–water partition coefficient (Wildman–Crippen LogP) is 0.928. The highest BCUT2D eigenvalue weighted by Gasteiger charge is 2.18. The van der Waals surface area contributed by atoms with Crippen molar-refractivity contribution in [1.82, 2.24) is 9.88 Å². The molecule has 0 aromatic carbocycles. The molecule has 0 radical (unpaired) electrons. The van der Waals surface area contributed by atoms with Gasteiger partial charge in [0.15, 0.2) is 0 Å². The first-order valence-corrected chi connectivity index (χ1v) is 6.10. The fraction of sp³-hybridized carbons (Fsp3) is 0.538. The number of piperazine rings is 1. The van der Waals surface area contributed by atoms with Crippen LogP contribution in [0.2, 0.25) is 0 Å². The Hall–Kier alpha value is -1.62. The van der Waals surface area contributed by atoms with E-state index in [0.29, 0.717) is 5.56 Å². The number of aromatic nitrogens is 1. The van der Waals surface area contributed by atoms with Crippen molar-refractivity contribution in [2.75, 3.05) is 45.2 Å². The van der Waals surface area contributed by atoms with Crippen LogP contribution in [0.3, 0.4) is 0 Å². The Morgan fingerprint density at radius 3 is 2.56 bits per heavy atom. The summed E-state index contributed by atoms with van der Waals surface area (Å²) in [5.74, 6) is 0.631. The number of pyridine rings is 1. The summed E-state index contributed by atoms with van der Waals surface area (Å²) in [6.07, 6.45) is 1.59. The summed E-state index contributed by atoms with van der Waals surface area (Å²) in [6.45, 7) is 6.01. The van der Waals surface area contributed by atoms with E-state index in [9.17, 15) is 4.79 Å². The molecule has 1 aromatic rings. The first kappa shape index (κ1) is 12.8. The molecule has 0 unspecified atom stereocenters. The number of likely N-dealkylation sites (N-methyl/N-ethyl adjacent to an activating group) is 1. The van der Waals surface area contributed by atoms with Crippen LogP contribution in [-0.2, 0) is 4.74 Å². The second kappa shape index (κ2) is 5.35.